The summed E-state index contributed by atoms with van der Waals surface area (Å²) in [6.45, 7) is 2.12. The molecule has 0 bridgehead atoms. The summed E-state index contributed by atoms with van der Waals surface area (Å²) in [5, 5.41) is 11.1. The number of allylic oxidation sites excluding steroid dienone is 5. The van der Waals surface area contributed by atoms with Gasteiger partial charge in [-0.15, -0.1) is 0 Å². The molecule has 0 radical (unpaired) electrons. The zero-order valence-corrected chi connectivity index (χ0v) is 23.6. The van der Waals surface area contributed by atoms with E-state index in [2.05, 4.69) is 25.2 Å². The number of hydrogen-bond donors (Lipinski definition) is 1. The Hall–Kier alpha value is -1.31. The van der Waals surface area contributed by atoms with Crippen LogP contribution in [-0.4, -0.2) is 11.1 Å². The van der Waals surface area contributed by atoms with Gasteiger partial charge >= 0.3 is 5.97 Å². The van der Waals surface area contributed by atoms with E-state index in [0.717, 1.165) is 44.9 Å². The van der Waals surface area contributed by atoms with Crippen molar-refractivity contribution in [1.82, 2.24) is 0 Å². The molecule has 0 amide bonds. The van der Waals surface area contributed by atoms with Crippen molar-refractivity contribution in [2.45, 2.75) is 161 Å². The topological polar surface area (TPSA) is 37.3 Å². The SMILES string of the molecule is CC(C(=O)O)(/C1=C/CCCCCCCC1)C(/C1=C/CCCCCCCC1)/C1=C/CCCCCCCC1. The molecule has 204 valence electrons. The van der Waals surface area contributed by atoms with Crippen LogP contribution in [0.15, 0.2) is 34.9 Å². The molecule has 0 aromatic rings. The molecule has 3 aliphatic rings. The summed E-state index contributed by atoms with van der Waals surface area (Å²) in [6, 6.07) is 0. The summed E-state index contributed by atoms with van der Waals surface area (Å²) in [5.41, 5.74) is 3.33. The lowest BCUT2D eigenvalue weighted by molar-refractivity contribution is -0.147. The van der Waals surface area contributed by atoms with Gasteiger partial charge < -0.3 is 5.11 Å². The van der Waals surface area contributed by atoms with Crippen molar-refractivity contribution >= 4 is 5.97 Å². The van der Waals surface area contributed by atoms with Crippen molar-refractivity contribution < 1.29 is 9.90 Å². The third kappa shape index (κ3) is 8.91. The van der Waals surface area contributed by atoms with Crippen molar-refractivity contribution in [2.75, 3.05) is 0 Å². The average molecular weight is 497 g/mol. The van der Waals surface area contributed by atoms with Crippen LogP contribution in [0.4, 0.5) is 0 Å². The Morgan fingerprint density at radius 2 is 0.944 bits per heavy atom. The fourth-order valence-corrected chi connectivity index (χ4v) is 7.11. The lowest BCUT2D eigenvalue weighted by Gasteiger charge is -2.41. The van der Waals surface area contributed by atoms with Crippen LogP contribution in [0, 0.1) is 11.3 Å². The molecule has 0 spiro atoms. The molecule has 0 aromatic carbocycles. The third-order valence-electron chi connectivity index (χ3n) is 9.37. The first-order valence-electron chi connectivity index (χ1n) is 15.9. The first-order chi connectivity index (χ1) is 17.6. The zero-order valence-electron chi connectivity index (χ0n) is 23.6. The Morgan fingerprint density at radius 1 is 0.583 bits per heavy atom. The number of hydrogen-bond acceptors (Lipinski definition) is 1. The lowest BCUT2D eigenvalue weighted by atomic mass is 9.62. The summed E-state index contributed by atoms with van der Waals surface area (Å²) in [4.78, 5) is 13.5. The lowest BCUT2D eigenvalue weighted by Crippen LogP contribution is -2.40. The fraction of sp³-hybridized carbons (Fsp3) is 0.794. The summed E-state index contributed by atoms with van der Waals surface area (Å²) in [5.74, 6) is -0.560. The van der Waals surface area contributed by atoms with Gasteiger partial charge in [-0.05, 0) is 84.0 Å². The summed E-state index contributed by atoms with van der Waals surface area (Å²) >= 11 is 0. The molecule has 1 unspecified atom stereocenters. The van der Waals surface area contributed by atoms with Gasteiger partial charge in [0, 0.05) is 5.92 Å². The molecule has 0 saturated heterocycles. The van der Waals surface area contributed by atoms with Gasteiger partial charge in [0.05, 0.1) is 5.41 Å². The quantitative estimate of drug-likeness (QED) is 0.384. The first-order valence-corrected chi connectivity index (χ1v) is 15.9. The van der Waals surface area contributed by atoms with Gasteiger partial charge in [-0.1, -0.05) is 112 Å². The summed E-state index contributed by atoms with van der Waals surface area (Å²) in [7, 11) is 0. The van der Waals surface area contributed by atoms with Gasteiger partial charge in [0.1, 0.15) is 0 Å². The predicted octanol–water partition coefficient (Wildman–Crippen LogP) is 10.9. The number of carbonyl (C=O) groups is 1. The van der Waals surface area contributed by atoms with E-state index < -0.39 is 11.4 Å². The molecule has 0 aliphatic heterocycles. The molecular weight excluding hydrogens is 440 g/mol. The monoisotopic (exact) mass is 496 g/mol. The molecule has 3 aliphatic carbocycles. The number of rotatable bonds is 5. The van der Waals surface area contributed by atoms with Crippen LogP contribution in [0.2, 0.25) is 0 Å². The highest BCUT2D eigenvalue weighted by Crippen LogP contribution is 2.49. The van der Waals surface area contributed by atoms with E-state index in [0.29, 0.717) is 0 Å². The number of carboxylic acids is 1. The molecule has 0 heterocycles. The van der Waals surface area contributed by atoms with Crippen LogP contribution in [-0.2, 0) is 4.79 Å². The minimum atomic E-state index is -0.828. The molecule has 3 rings (SSSR count). The number of carboxylic acid groups (broad SMARTS) is 1. The largest absolute Gasteiger partial charge is 0.481 e. The van der Waals surface area contributed by atoms with Crippen molar-refractivity contribution in [3.05, 3.63) is 34.9 Å². The highest BCUT2D eigenvalue weighted by molar-refractivity contribution is 5.80. The standard InChI is InChI=1S/C34H56O2/c1-34(33(35)36,31-27-21-15-9-4-10-16-22-28-31)32(29-23-17-11-5-2-6-12-18-24-29)30-25-19-13-7-3-8-14-20-26-30/h23,25,27,32H,2-22,24,26,28H2,1H3,(H,35,36)/b29-23+,30-25+,31-27+. The predicted molar refractivity (Wildman–Crippen MR) is 154 cm³/mol. The van der Waals surface area contributed by atoms with Crippen LogP contribution < -0.4 is 0 Å². The molecule has 36 heavy (non-hydrogen) atoms. The van der Waals surface area contributed by atoms with E-state index in [1.165, 1.54) is 126 Å². The van der Waals surface area contributed by atoms with E-state index in [1.54, 1.807) is 0 Å². The Morgan fingerprint density at radius 3 is 1.39 bits per heavy atom. The minimum absolute atomic E-state index is 0.0306. The Bertz CT molecular complexity index is 708. The highest BCUT2D eigenvalue weighted by Gasteiger charge is 2.47. The van der Waals surface area contributed by atoms with Crippen LogP contribution in [0.1, 0.15) is 161 Å². The van der Waals surface area contributed by atoms with Crippen LogP contribution in [0.3, 0.4) is 0 Å². The highest BCUT2D eigenvalue weighted by atomic mass is 16.4. The zero-order chi connectivity index (χ0) is 25.5. The van der Waals surface area contributed by atoms with Gasteiger partial charge in [0.25, 0.3) is 0 Å². The van der Waals surface area contributed by atoms with Crippen LogP contribution >= 0.6 is 0 Å². The Labute approximate surface area is 223 Å². The maximum absolute atomic E-state index is 13.5. The van der Waals surface area contributed by atoms with Gasteiger partial charge in [-0.2, -0.15) is 0 Å². The van der Waals surface area contributed by atoms with Gasteiger partial charge in [0.2, 0.25) is 0 Å². The molecule has 2 nitrogen and oxygen atoms in total. The van der Waals surface area contributed by atoms with E-state index in [1.807, 2.05) is 0 Å². The van der Waals surface area contributed by atoms with Crippen molar-refractivity contribution in [2.24, 2.45) is 11.3 Å². The number of aliphatic carboxylic acids is 1. The second-order valence-corrected chi connectivity index (χ2v) is 12.2. The van der Waals surface area contributed by atoms with Gasteiger partial charge in [0.15, 0.2) is 0 Å². The maximum Gasteiger partial charge on any atom is 0.314 e. The summed E-state index contributed by atoms with van der Waals surface area (Å²) in [6.07, 6.45) is 36.8. The molecule has 1 N–H and O–H groups in total. The molecule has 0 aromatic heterocycles. The minimum Gasteiger partial charge on any atom is -0.481 e. The van der Waals surface area contributed by atoms with Crippen molar-refractivity contribution in [3.8, 4) is 0 Å². The average Bonchev–Trinajstić information content (AvgIpc) is 2.89. The third-order valence-corrected chi connectivity index (χ3v) is 9.37. The molecule has 0 saturated carbocycles. The second-order valence-electron chi connectivity index (χ2n) is 12.2. The van der Waals surface area contributed by atoms with E-state index in [-0.39, 0.29) is 5.92 Å². The van der Waals surface area contributed by atoms with Crippen LogP contribution in [0.25, 0.3) is 0 Å². The molecular formula is C34H56O2. The molecule has 0 fully saturated rings. The van der Waals surface area contributed by atoms with E-state index >= 15 is 0 Å². The molecule has 2 heteroatoms. The summed E-state index contributed by atoms with van der Waals surface area (Å²) < 4.78 is 0. The first kappa shape index (κ1) is 29.2. The van der Waals surface area contributed by atoms with Crippen LogP contribution in [0.5, 0.6) is 0 Å². The van der Waals surface area contributed by atoms with Gasteiger partial charge in [-0.25, -0.2) is 0 Å². The van der Waals surface area contributed by atoms with E-state index in [9.17, 15) is 9.90 Å². The Balaban J connectivity index is 2.07. The normalized spacial score (nSPS) is 28.8. The van der Waals surface area contributed by atoms with Gasteiger partial charge in [-0.3, -0.25) is 4.79 Å². The fourth-order valence-electron chi connectivity index (χ4n) is 7.11. The maximum atomic E-state index is 13.5. The second kappa shape index (κ2) is 16.5. The van der Waals surface area contributed by atoms with Crippen molar-refractivity contribution in [3.63, 3.8) is 0 Å². The van der Waals surface area contributed by atoms with E-state index in [4.69, 9.17) is 0 Å². The smallest absolute Gasteiger partial charge is 0.314 e. The van der Waals surface area contributed by atoms with Crippen molar-refractivity contribution in [1.29, 1.82) is 0 Å². The Kier molecular flexibility index (Phi) is 13.4. The molecule has 1 atom stereocenters.